The van der Waals surface area contributed by atoms with E-state index in [9.17, 15) is 0 Å². The number of aromatic nitrogens is 1. The minimum absolute atomic E-state index is 0.590. The monoisotopic (exact) mass is 163 g/mol. The van der Waals surface area contributed by atoms with Crippen LogP contribution in [-0.2, 0) is 6.42 Å². The van der Waals surface area contributed by atoms with Crippen LogP contribution in [0.5, 0.6) is 0 Å². The quantitative estimate of drug-likeness (QED) is 0.638. The fraction of sp³-hybridized carbons (Fsp3) is 0.444. The van der Waals surface area contributed by atoms with E-state index in [-0.39, 0.29) is 0 Å². The average Bonchev–Trinajstić information content (AvgIpc) is 2.57. The molecule has 3 heteroatoms. The number of H-pyrrole nitrogens is 1. The van der Waals surface area contributed by atoms with Crippen LogP contribution in [0.25, 0.3) is 0 Å². The zero-order valence-corrected chi connectivity index (χ0v) is 7.01. The molecule has 1 rings (SSSR count). The van der Waals surface area contributed by atoms with Crippen molar-refractivity contribution in [2.75, 3.05) is 13.1 Å². The third kappa shape index (κ3) is 3.22. The minimum Gasteiger partial charge on any atom is -0.367 e. The summed E-state index contributed by atoms with van der Waals surface area (Å²) in [7, 11) is 0. The molecule has 0 aliphatic carbocycles. The first kappa shape index (κ1) is 8.82. The van der Waals surface area contributed by atoms with Crippen LogP contribution in [0, 0.1) is 11.3 Å². The van der Waals surface area contributed by atoms with Gasteiger partial charge in [0.15, 0.2) is 0 Å². The SMILES string of the molecule is N#CCCNCCc1cc[nH]c1. The fourth-order valence-corrected chi connectivity index (χ4v) is 1.02. The van der Waals surface area contributed by atoms with Crippen molar-refractivity contribution in [1.29, 1.82) is 5.26 Å². The Morgan fingerprint density at radius 1 is 1.50 bits per heavy atom. The highest BCUT2D eigenvalue weighted by Crippen LogP contribution is 1.95. The zero-order valence-electron chi connectivity index (χ0n) is 7.01. The van der Waals surface area contributed by atoms with E-state index in [0.29, 0.717) is 6.42 Å². The maximum absolute atomic E-state index is 8.25. The molecule has 0 bridgehead atoms. The van der Waals surface area contributed by atoms with Crippen LogP contribution in [0.4, 0.5) is 0 Å². The lowest BCUT2D eigenvalue weighted by molar-refractivity contribution is 0.692. The van der Waals surface area contributed by atoms with Crippen LogP contribution in [0.1, 0.15) is 12.0 Å². The molecular weight excluding hydrogens is 150 g/mol. The summed E-state index contributed by atoms with van der Waals surface area (Å²) in [4.78, 5) is 3.00. The van der Waals surface area contributed by atoms with E-state index in [0.717, 1.165) is 19.5 Å². The molecule has 0 aromatic carbocycles. The second kappa shape index (κ2) is 5.39. The highest BCUT2D eigenvalue weighted by atomic mass is 14.8. The van der Waals surface area contributed by atoms with Crippen LogP contribution >= 0.6 is 0 Å². The van der Waals surface area contributed by atoms with Crippen molar-refractivity contribution in [3.63, 3.8) is 0 Å². The normalized spacial score (nSPS) is 9.58. The summed E-state index contributed by atoms with van der Waals surface area (Å²) in [6.07, 6.45) is 5.53. The first-order valence-corrected chi connectivity index (χ1v) is 4.13. The number of rotatable bonds is 5. The van der Waals surface area contributed by atoms with E-state index in [1.54, 1.807) is 0 Å². The second-order valence-electron chi connectivity index (χ2n) is 2.63. The summed E-state index contributed by atoms with van der Waals surface area (Å²) < 4.78 is 0. The zero-order chi connectivity index (χ0) is 8.65. The lowest BCUT2D eigenvalue weighted by Gasteiger charge is -1.98. The van der Waals surface area contributed by atoms with Gasteiger partial charge in [-0.05, 0) is 24.6 Å². The Labute approximate surface area is 72.4 Å². The highest BCUT2D eigenvalue weighted by Gasteiger charge is 1.91. The summed E-state index contributed by atoms with van der Waals surface area (Å²) in [6, 6.07) is 4.15. The Balaban J connectivity index is 2.01. The summed E-state index contributed by atoms with van der Waals surface area (Å²) >= 11 is 0. The molecule has 0 amide bonds. The summed E-state index contributed by atoms with van der Waals surface area (Å²) in [5.74, 6) is 0. The van der Waals surface area contributed by atoms with E-state index in [1.807, 2.05) is 12.4 Å². The van der Waals surface area contributed by atoms with Crippen molar-refractivity contribution >= 4 is 0 Å². The topological polar surface area (TPSA) is 51.6 Å². The molecule has 0 fully saturated rings. The molecule has 0 atom stereocenters. The van der Waals surface area contributed by atoms with Crippen LogP contribution < -0.4 is 5.32 Å². The number of hydrogen-bond acceptors (Lipinski definition) is 2. The van der Waals surface area contributed by atoms with Crippen molar-refractivity contribution in [3.8, 4) is 6.07 Å². The largest absolute Gasteiger partial charge is 0.367 e. The maximum Gasteiger partial charge on any atom is 0.0635 e. The Morgan fingerprint density at radius 2 is 2.42 bits per heavy atom. The Kier molecular flexibility index (Phi) is 3.96. The molecule has 2 N–H and O–H groups in total. The van der Waals surface area contributed by atoms with Gasteiger partial charge in [0.2, 0.25) is 0 Å². The molecule has 64 valence electrons. The smallest absolute Gasteiger partial charge is 0.0635 e. The van der Waals surface area contributed by atoms with Gasteiger partial charge < -0.3 is 10.3 Å². The van der Waals surface area contributed by atoms with E-state index < -0.39 is 0 Å². The van der Waals surface area contributed by atoms with E-state index in [1.165, 1.54) is 5.56 Å². The average molecular weight is 163 g/mol. The lowest BCUT2D eigenvalue weighted by Crippen LogP contribution is -2.17. The molecule has 1 aromatic rings. The van der Waals surface area contributed by atoms with Gasteiger partial charge in [0, 0.05) is 25.4 Å². The van der Waals surface area contributed by atoms with Crippen LogP contribution in [0.2, 0.25) is 0 Å². The Hall–Kier alpha value is -1.27. The van der Waals surface area contributed by atoms with Crippen LogP contribution in [-0.4, -0.2) is 18.1 Å². The van der Waals surface area contributed by atoms with E-state index >= 15 is 0 Å². The van der Waals surface area contributed by atoms with Crippen molar-refractivity contribution < 1.29 is 0 Å². The molecule has 0 radical (unpaired) electrons. The molecule has 12 heavy (non-hydrogen) atoms. The second-order valence-corrected chi connectivity index (χ2v) is 2.63. The number of nitriles is 1. The molecule has 3 nitrogen and oxygen atoms in total. The third-order valence-corrected chi connectivity index (χ3v) is 1.67. The predicted molar refractivity (Wildman–Crippen MR) is 47.6 cm³/mol. The first-order valence-electron chi connectivity index (χ1n) is 4.13. The van der Waals surface area contributed by atoms with Crippen LogP contribution in [0.15, 0.2) is 18.5 Å². The molecule has 0 saturated carbocycles. The first-order chi connectivity index (χ1) is 5.93. The minimum atomic E-state index is 0.590. The Bertz CT molecular complexity index is 233. The van der Waals surface area contributed by atoms with Gasteiger partial charge in [-0.15, -0.1) is 0 Å². The molecular formula is C9H13N3. The van der Waals surface area contributed by atoms with E-state index in [4.69, 9.17) is 5.26 Å². The molecule has 0 unspecified atom stereocenters. The molecule has 0 aliphatic heterocycles. The fourth-order valence-electron chi connectivity index (χ4n) is 1.02. The van der Waals surface area contributed by atoms with Gasteiger partial charge >= 0.3 is 0 Å². The standard InChI is InChI=1S/C9H13N3/c10-4-1-5-11-6-2-9-3-7-12-8-9/h3,7-8,11-12H,1-2,5-6H2. The molecule has 0 saturated heterocycles. The van der Waals surface area contributed by atoms with Crippen molar-refractivity contribution in [1.82, 2.24) is 10.3 Å². The third-order valence-electron chi connectivity index (χ3n) is 1.67. The van der Waals surface area contributed by atoms with Crippen molar-refractivity contribution in [2.45, 2.75) is 12.8 Å². The van der Waals surface area contributed by atoms with Gasteiger partial charge in [-0.25, -0.2) is 0 Å². The number of nitrogens with one attached hydrogen (secondary N) is 2. The van der Waals surface area contributed by atoms with Crippen molar-refractivity contribution in [2.24, 2.45) is 0 Å². The lowest BCUT2D eigenvalue weighted by atomic mass is 10.2. The predicted octanol–water partition coefficient (Wildman–Crippen LogP) is 1.06. The Morgan fingerprint density at radius 3 is 3.08 bits per heavy atom. The number of nitrogens with zero attached hydrogens (tertiary/aromatic N) is 1. The van der Waals surface area contributed by atoms with Gasteiger partial charge in [-0.1, -0.05) is 0 Å². The number of hydrogen-bond donors (Lipinski definition) is 2. The van der Waals surface area contributed by atoms with Gasteiger partial charge in [0.1, 0.15) is 0 Å². The van der Waals surface area contributed by atoms with Gasteiger partial charge in [0.05, 0.1) is 6.07 Å². The summed E-state index contributed by atoms with van der Waals surface area (Å²) in [5.41, 5.74) is 1.31. The van der Waals surface area contributed by atoms with Gasteiger partial charge in [-0.2, -0.15) is 5.26 Å². The number of aromatic amines is 1. The van der Waals surface area contributed by atoms with Gasteiger partial charge in [-0.3, -0.25) is 0 Å². The molecule has 0 spiro atoms. The summed E-state index contributed by atoms with van der Waals surface area (Å²) in [6.45, 7) is 1.74. The highest BCUT2D eigenvalue weighted by molar-refractivity contribution is 5.08. The van der Waals surface area contributed by atoms with Crippen molar-refractivity contribution in [3.05, 3.63) is 24.0 Å². The molecule has 1 heterocycles. The maximum atomic E-state index is 8.25. The molecule has 0 aliphatic rings. The van der Waals surface area contributed by atoms with Gasteiger partial charge in [0.25, 0.3) is 0 Å². The molecule has 1 aromatic heterocycles. The van der Waals surface area contributed by atoms with Crippen LogP contribution in [0.3, 0.4) is 0 Å². The van der Waals surface area contributed by atoms with E-state index in [2.05, 4.69) is 22.4 Å². The summed E-state index contributed by atoms with van der Waals surface area (Å²) in [5, 5.41) is 11.4.